The maximum Gasteiger partial charge on any atom is 0.267 e. The molecular weight excluding hydrogens is 344 g/mol. The molecule has 1 aromatic carbocycles. The van der Waals surface area contributed by atoms with Crippen LogP contribution in [0.3, 0.4) is 0 Å². The molecule has 1 unspecified atom stereocenters. The van der Waals surface area contributed by atoms with Crippen LogP contribution in [0.15, 0.2) is 30.3 Å². The van der Waals surface area contributed by atoms with Crippen LogP contribution in [-0.4, -0.2) is 35.4 Å². The fourth-order valence-corrected chi connectivity index (χ4v) is 4.21. The van der Waals surface area contributed by atoms with Crippen LogP contribution in [0.2, 0.25) is 0 Å². The van der Waals surface area contributed by atoms with Gasteiger partial charge in [0.1, 0.15) is 0 Å². The number of carbonyl (C=O) groups excluding carboxylic acids is 1. The summed E-state index contributed by atoms with van der Waals surface area (Å²) in [6.45, 7) is 1.55. The summed E-state index contributed by atoms with van der Waals surface area (Å²) in [4.78, 5) is 13.0. The van der Waals surface area contributed by atoms with E-state index in [9.17, 15) is 4.79 Å². The third kappa shape index (κ3) is 3.40. The van der Waals surface area contributed by atoms with Gasteiger partial charge in [-0.05, 0) is 30.4 Å². The van der Waals surface area contributed by atoms with Crippen molar-refractivity contribution in [3.8, 4) is 0 Å². The molecular formula is C16H16N4O2S2. The molecule has 1 amide bonds. The minimum absolute atomic E-state index is 0.155. The fraction of sp³-hybridized carbons (Fsp3) is 0.312. The van der Waals surface area contributed by atoms with Crippen LogP contribution < -0.4 is 10.6 Å². The van der Waals surface area contributed by atoms with Gasteiger partial charge in [-0.15, -0.1) is 21.5 Å². The van der Waals surface area contributed by atoms with E-state index in [2.05, 4.69) is 20.8 Å². The molecule has 1 aliphatic rings. The van der Waals surface area contributed by atoms with Crippen LogP contribution in [0.4, 0.5) is 10.3 Å². The summed E-state index contributed by atoms with van der Waals surface area (Å²) in [7, 11) is 0. The van der Waals surface area contributed by atoms with Crippen molar-refractivity contribution in [2.75, 3.05) is 23.8 Å². The highest BCUT2D eigenvalue weighted by atomic mass is 32.1. The summed E-state index contributed by atoms with van der Waals surface area (Å²) >= 11 is 2.80. The maximum atomic E-state index is 12.4. The lowest BCUT2D eigenvalue weighted by molar-refractivity contribution is 0.103. The highest BCUT2D eigenvalue weighted by Gasteiger charge is 2.17. The Balaban J connectivity index is 1.38. The third-order valence-electron chi connectivity index (χ3n) is 3.80. The van der Waals surface area contributed by atoms with Crippen LogP contribution in [-0.2, 0) is 4.74 Å². The van der Waals surface area contributed by atoms with Gasteiger partial charge in [0.25, 0.3) is 5.91 Å². The number of anilines is 2. The Morgan fingerprint density at radius 3 is 2.96 bits per heavy atom. The van der Waals surface area contributed by atoms with Crippen molar-refractivity contribution < 1.29 is 9.53 Å². The maximum absolute atomic E-state index is 12.4. The van der Waals surface area contributed by atoms with E-state index in [0.29, 0.717) is 15.1 Å². The van der Waals surface area contributed by atoms with Gasteiger partial charge in [-0.25, -0.2) is 0 Å². The molecule has 0 bridgehead atoms. The van der Waals surface area contributed by atoms with Crippen LogP contribution in [0, 0.1) is 0 Å². The number of fused-ring (bicyclic) bond motifs is 1. The molecule has 1 fully saturated rings. The standard InChI is InChI=1S/C16H16N4O2S2/c21-14(13-8-10-4-1-2-6-12(10)23-13)18-16-20-19-15(24-16)17-9-11-5-3-7-22-11/h1-2,4,6,8,11H,3,5,7,9H2,(H,17,19)(H,18,20,21). The zero-order valence-corrected chi connectivity index (χ0v) is 14.5. The van der Waals surface area contributed by atoms with Crippen molar-refractivity contribution in [3.05, 3.63) is 35.2 Å². The minimum Gasteiger partial charge on any atom is -0.376 e. The molecule has 0 aliphatic carbocycles. The van der Waals surface area contributed by atoms with E-state index < -0.39 is 0 Å². The Kier molecular flexibility index (Phi) is 4.42. The predicted molar refractivity (Wildman–Crippen MR) is 97.2 cm³/mol. The highest BCUT2D eigenvalue weighted by molar-refractivity contribution is 7.21. The van der Waals surface area contributed by atoms with Gasteiger partial charge >= 0.3 is 0 Å². The van der Waals surface area contributed by atoms with E-state index in [1.54, 1.807) is 0 Å². The molecule has 2 N–H and O–H groups in total. The molecule has 6 nitrogen and oxygen atoms in total. The summed E-state index contributed by atoms with van der Waals surface area (Å²) in [5.41, 5.74) is 0. The number of benzene rings is 1. The second-order valence-corrected chi connectivity index (χ2v) is 7.59. The number of carbonyl (C=O) groups is 1. The lowest BCUT2D eigenvalue weighted by Gasteiger charge is -2.08. The van der Waals surface area contributed by atoms with Crippen molar-refractivity contribution in [3.63, 3.8) is 0 Å². The predicted octanol–water partition coefficient (Wildman–Crippen LogP) is 3.60. The first-order valence-electron chi connectivity index (χ1n) is 7.77. The smallest absolute Gasteiger partial charge is 0.267 e. The molecule has 24 heavy (non-hydrogen) atoms. The number of amides is 1. The van der Waals surface area contributed by atoms with E-state index in [1.807, 2.05) is 30.3 Å². The number of ether oxygens (including phenoxy) is 1. The molecule has 0 radical (unpaired) electrons. The molecule has 124 valence electrons. The zero-order valence-electron chi connectivity index (χ0n) is 12.8. The summed E-state index contributed by atoms with van der Waals surface area (Å²) in [5, 5.41) is 16.4. The lowest BCUT2D eigenvalue weighted by Crippen LogP contribution is -2.18. The van der Waals surface area contributed by atoms with E-state index in [0.717, 1.165) is 36.1 Å². The van der Waals surface area contributed by atoms with Crippen molar-refractivity contribution in [1.29, 1.82) is 0 Å². The van der Waals surface area contributed by atoms with Crippen LogP contribution in [0.5, 0.6) is 0 Å². The van der Waals surface area contributed by atoms with Crippen LogP contribution >= 0.6 is 22.7 Å². The number of aromatic nitrogens is 2. The second-order valence-electron chi connectivity index (χ2n) is 5.53. The van der Waals surface area contributed by atoms with Gasteiger partial charge < -0.3 is 10.1 Å². The third-order valence-corrected chi connectivity index (χ3v) is 5.71. The molecule has 0 saturated carbocycles. The number of nitrogens with zero attached hydrogens (tertiary/aromatic N) is 2. The van der Waals surface area contributed by atoms with Gasteiger partial charge in [-0.3, -0.25) is 10.1 Å². The van der Waals surface area contributed by atoms with Gasteiger partial charge in [0.2, 0.25) is 10.3 Å². The average molecular weight is 360 g/mol. The molecule has 0 spiro atoms. The summed E-state index contributed by atoms with van der Waals surface area (Å²) in [5.74, 6) is -0.155. The first-order chi connectivity index (χ1) is 11.8. The second kappa shape index (κ2) is 6.84. The average Bonchev–Trinajstić information content (AvgIpc) is 3.33. The quantitative estimate of drug-likeness (QED) is 0.727. The van der Waals surface area contributed by atoms with Gasteiger partial charge in [0.15, 0.2) is 0 Å². The zero-order chi connectivity index (χ0) is 16.4. The summed E-state index contributed by atoms with van der Waals surface area (Å²) in [6.07, 6.45) is 2.42. The monoisotopic (exact) mass is 360 g/mol. The van der Waals surface area contributed by atoms with E-state index in [4.69, 9.17) is 4.74 Å². The van der Waals surface area contributed by atoms with Crippen molar-refractivity contribution in [2.45, 2.75) is 18.9 Å². The van der Waals surface area contributed by atoms with Gasteiger partial charge in [0, 0.05) is 17.9 Å². The molecule has 1 atom stereocenters. The van der Waals surface area contributed by atoms with Gasteiger partial charge in [-0.1, -0.05) is 29.5 Å². The minimum atomic E-state index is -0.155. The molecule has 2 aromatic heterocycles. The van der Waals surface area contributed by atoms with Crippen molar-refractivity contribution in [2.24, 2.45) is 0 Å². The first-order valence-corrected chi connectivity index (χ1v) is 9.40. The van der Waals surface area contributed by atoms with Crippen LogP contribution in [0.25, 0.3) is 10.1 Å². The molecule has 3 aromatic rings. The Morgan fingerprint density at radius 2 is 2.12 bits per heavy atom. The molecule has 8 heteroatoms. The SMILES string of the molecule is O=C(Nc1nnc(NCC2CCCO2)s1)c1cc2ccccc2s1. The Morgan fingerprint density at radius 1 is 1.25 bits per heavy atom. The number of nitrogens with one attached hydrogen (secondary N) is 2. The topological polar surface area (TPSA) is 76.1 Å². The lowest BCUT2D eigenvalue weighted by atomic mass is 10.2. The van der Waals surface area contributed by atoms with E-state index in [-0.39, 0.29) is 12.0 Å². The summed E-state index contributed by atoms with van der Waals surface area (Å²) < 4.78 is 6.65. The van der Waals surface area contributed by atoms with Gasteiger partial charge in [0.05, 0.1) is 11.0 Å². The number of rotatable bonds is 5. The van der Waals surface area contributed by atoms with E-state index >= 15 is 0 Å². The Hall–Kier alpha value is -2.03. The summed E-state index contributed by atoms with van der Waals surface area (Å²) in [6, 6.07) is 9.84. The molecule has 1 saturated heterocycles. The van der Waals surface area contributed by atoms with Gasteiger partial charge in [-0.2, -0.15) is 0 Å². The molecule has 1 aliphatic heterocycles. The molecule has 3 heterocycles. The largest absolute Gasteiger partial charge is 0.376 e. The number of thiophene rings is 1. The highest BCUT2D eigenvalue weighted by Crippen LogP contribution is 2.27. The van der Waals surface area contributed by atoms with Crippen LogP contribution in [0.1, 0.15) is 22.5 Å². The van der Waals surface area contributed by atoms with Crippen molar-refractivity contribution in [1.82, 2.24) is 10.2 Å². The first kappa shape index (κ1) is 15.5. The Labute approximate surface area is 146 Å². The fourth-order valence-electron chi connectivity index (χ4n) is 2.60. The van der Waals surface area contributed by atoms with Crippen molar-refractivity contribution >= 4 is 48.9 Å². The molecule has 4 rings (SSSR count). The number of hydrogen-bond acceptors (Lipinski definition) is 7. The normalized spacial score (nSPS) is 17.2. The Bertz CT molecular complexity index is 822. The number of hydrogen-bond donors (Lipinski definition) is 2. The van der Waals surface area contributed by atoms with E-state index in [1.165, 1.54) is 22.7 Å².